The lowest BCUT2D eigenvalue weighted by atomic mass is 9.78. The maximum absolute atomic E-state index is 11.5. The van der Waals surface area contributed by atoms with Crippen LogP contribution in [0.1, 0.15) is 60.3 Å². The first-order chi connectivity index (χ1) is 10.2. The Bertz CT molecular complexity index is 407. The fourth-order valence-corrected chi connectivity index (χ4v) is 3.08. The van der Waals surface area contributed by atoms with Gasteiger partial charge in [0.2, 0.25) is 5.91 Å². The van der Waals surface area contributed by atoms with E-state index in [1.54, 1.807) is 0 Å². The number of nitrogens with one attached hydrogen (secondary N) is 1. The number of primary amides is 1. The molecular weight excluding hydrogens is 403 g/mol. The van der Waals surface area contributed by atoms with Crippen LogP contribution in [0.25, 0.3) is 0 Å². The van der Waals surface area contributed by atoms with Crippen LogP contribution in [0.5, 0.6) is 0 Å². The van der Waals surface area contributed by atoms with Gasteiger partial charge in [0.05, 0.1) is 12.0 Å². The first-order valence-electron chi connectivity index (χ1n) is 8.57. The highest BCUT2D eigenvalue weighted by molar-refractivity contribution is 14.0. The lowest BCUT2D eigenvalue weighted by molar-refractivity contribution is -0.125. The number of likely N-dealkylation sites (tertiary alicyclic amines) is 1. The zero-order chi connectivity index (χ0) is 16.8. The summed E-state index contributed by atoms with van der Waals surface area (Å²) in [5, 5.41) is 3.37. The van der Waals surface area contributed by atoms with E-state index in [0.717, 1.165) is 25.6 Å². The van der Waals surface area contributed by atoms with Crippen molar-refractivity contribution in [2.75, 3.05) is 26.2 Å². The number of nitrogens with two attached hydrogens (primary N) is 1. The number of nitrogens with zero attached hydrogens (tertiary/aromatic N) is 2. The molecule has 0 aromatic carbocycles. The van der Waals surface area contributed by atoms with Crippen molar-refractivity contribution in [3.05, 3.63) is 0 Å². The summed E-state index contributed by atoms with van der Waals surface area (Å²) in [5.74, 6) is 0.611. The van der Waals surface area contributed by atoms with Crippen molar-refractivity contribution < 1.29 is 4.79 Å². The van der Waals surface area contributed by atoms with Crippen molar-refractivity contribution >= 4 is 35.8 Å². The zero-order valence-electron chi connectivity index (χ0n) is 15.4. The number of halogens is 1. The predicted molar refractivity (Wildman–Crippen MR) is 108 cm³/mol. The molecule has 0 aromatic heterocycles. The average Bonchev–Trinajstić information content (AvgIpc) is 2.43. The molecule has 0 spiro atoms. The van der Waals surface area contributed by atoms with Gasteiger partial charge in [-0.1, -0.05) is 20.3 Å². The third-order valence-electron chi connectivity index (χ3n) is 4.56. The molecule has 0 saturated carbocycles. The van der Waals surface area contributed by atoms with Gasteiger partial charge < -0.3 is 16.0 Å². The summed E-state index contributed by atoms with van der Waals surface area (Å²) in [6.07, 6.45) is 4.94. The molecule has 1 aliphatic rings. The molecule has 3 N–H and O–H groups in total. The summed E-state index contributed by atoms with van der Waals surface area (Å²) >= 11 is 0. The Hall–Kier alpha value is -0.530. The van der Waals surface area contributed by atoms with E-state index < -0.39 is 5.41 Å². The summed E-state index contributed by atoms with van der Waals surface area (Å²) in [6, 6.07) is 0. The minimum Gasteiger partial charge on any atom is -0.369 e. The standard InChI is InChI=1S/C17H34N4O.HI/c1-6-9-17(5)10-8-11-21(13-17)15(19-7-2)20-12-16(3,4)14(18)22;/h6-13H2,1-5H3,(H2,18,22)(H,19,20);1H. The summed E-state index contributed by atoms with van der Waals surface area (Å²) < 4.78 is 0. The van der Waals surface area contributed by atoms with Crippen LogP contribution in [0.3, 0.4) is 0 Å². The third-order valence-corrected chi connectivity index (χ3v) is 4.56. The summed E-state index contributed by atoms with van der Waals surface area (Å²) in [5.41, 5.74) is 5.20. The van der Waals surface area contributed by atoms with Crippen molar-refractivity contribution in [3.8, 4) is 0 Å². The Kier molecular flexibility index (Phi) is 9.47. The average molecular weight is 438 g/mol. The molecule has 1 fully saturated rings. The molecule has 1 unspecified atom stereocenters. The van der Waals surface area contributed by atoms with Crippen molar-refractivity contribution in [3.63, 3.8) is 0 Å². The highest BCUT2D eigenvalue weighted by Crippen LogP contribution is 2.34. The molecule has 1 atom stereocenters. The largest absolute Gasteiger partial charge is 0.369 e. The Labute approximate surface area is 158 Å². The lowest BCUT2D eigenvalue weighted by Crippen LogP contribution is -2.50. The second kappa shape index (κ2) is 9.69. The molecule has 5 nitrogen and oxygen atoms in total. The van der Waals surface area contributed by atoms with E-state index in [1.807, 2.05) is 13.8 Å². The van der Waals surface area contributed by atoms with Gasteiger partial charge in [-0.25, -0.2) is 0 Å². The quantitative estimate of drug-likeness (QED) is 0.381. The van der Waals surface area contributed by atoms with Crippen LogP contribution in [-0.4, -0.2) is 42.9 Å². The molecule has 1 aliphatic heterocycles. The maximum Gasteiger partial charge on any atom is 0.224 e. The van der Waals surface area contributed by atoms with E-state index in [0.29, 0.717) is 12.0 Å². The van der Waals surface area contributed by atoms with Gasteiger partial charge in [-0.2, -0.15) is 0 Å². The number of piperidine rings is 1. The molecule has 23 heavy (non-hydrogen) atoms. The first kappa shape index (κ1) is 22.5. The molecule has 1 heterocycles. The van der Waals surface area contributed by atoms with Gasteiger partial charge in [-0.05, 0) is 45.4 Å². The smallest absolute Gasteiger partial charge is 0.224 e. The molecular formula is C17H35IN4O. The highest BCUT2D eigenvalue weighted by Gasteiger charge is 2.32. The van der Waals surface area contributed by atoms with Crippen LogP contribution in [0.4, 0.5) is 0 Å². The monoisotopic (exact) mass is 438 g/mol. The number of carbonyl (C=O) groups excluding carboxylic acids is 1. The second-order valence-electron chi connectivity index (χ2n) is 7.50. The van der Waals surface area contributed by atoms with Crippen LogP contribution in [-0.2, 0) is 4.79 Å². The zero-order valence-corrected chi connectivity index (χ0v) is 17.8. The summed E-state index contributed by atoms with van der Waals surface area (Å²) in [7, 11) is 0. The number of amides is 1. The maximum atomic E-state index is 11.5. The van der Waals surface area contributed by atoms with Gasteiger partial charge in [0.1, 0.15) is 0 Å². The molecule has 6 heteroatoms. The summed E-state index contributed by atoms with van der Waals surface area (Å²) in [4.78, 5) is 18.5. The van der Waals surface area contributed by atoms with Crippen LogP contribution in [0.2, 0.25) is 0 Å². The fourth-order valence-electron chi connectivity index (χ4n) is 3.08. The number of hydrogen-bond donors (Lipinski definition) is 2. The molecule has 1 saturated heterocycles. The van der Waals surface area contributed by atoms with E-state index in [1.165, 1.54) is 25.7 Å². The fraction of sp³-hybridized carbons (Fsp3) is 0.882. The highest BCUT2D eigenvalue weighted by atomic mass is 127. The Balaban J connectivity index is 0.00000484. The lowest BCUT2D eigenvalue weighted by Gasteiger charge is -2.42. The molecule has 0 aliphatic carbocycles. The SMILES string of the molecule is CCCC1(C)CCCN(C(=NCC(C)(C)C(N)=O)NCC)C1.I. The van der Waals surface area contributed by atoms with Gasteiger partial charge in [0.25, 0.3) is 0 Å². The van der Waals surface area contributed by atoms with Crippen LogP contribution < -0.4 is 11.1 Å². The number of carbonyl (C=O) groups is 1. The number of rotatable bonds is 6. The van der Waals surface area contributed by atoms with Gasteiger partial charge in [-0.3, -0.25) is 9.79 Å². The molecule has 0 radical (unpaired) electrons. The van der Waals surface area contributed by atoms with E-state index in [4.69, 9.17) is 5.73 Å². The van der Waals surface area contributed by atoms with Crippen LogP contribution in [0, 0.1) is 10.8 Å². The van der Waals surface area contributed by atoms with E-state index in [2.05, 4.69) is 36.0 Å². The third kappa shape index (κ3) is 6.85. The predicted octanol–water partition coefficient (Wildman–Crippen LogP) is 2.98. The van der Waals surface area contributed by atoms with Crippen molar-refractivity contribution in [1.82, 2.24) is 10.2 Å². The van der Waals surface area contributed by atoms with E-state index >= 15 is 0 Å². The van der Waals surface area contributed by atoms with Crippen molar-refractivity contribution in [2.24, 2.45) is 21.6 Å². The van der Waals surface area contributed by atoms with Gasteiger partial charge in [0, 0.05) is 19.6 Å². The first-order valence-corrected chi connectivity index (χ1v) is 8.57. The Morgan fingerprint density at radius 2 is 2.04 bits per heavy atom. The molecule has 0 aromatic rings. The van der Waals surface area contributed by atoms with Crippen LogP contribution >= 0.6 is 24.0 Å². The molecule has 1 rings (SSSR count). The second-order valence-corrected chi connectivity index (χ2v) is 7.50. The summed E-state index contributed by atoms with van der Waals surface area (Å²) in [6.45, 7) is 13.7. The van der Waals surface area contributed by atoms with Crippen molar-refractivity contribution in [1.29, 1.82) is 0 Å². The van der Waals surface area contributed by atoms with Gasteiger partial charge in [0.15, 0.2) is 5.96 Å². The van der Waals surface area contributed by atoms with Crippen LogP contribution in [0.15, 0.2) is 4.99 Å². The molecule has 0 bridgehead atoms. The van der Waals surface area contributed by atoms with Gasteiger partial charge in [-0.15, -0.1) is 24.0 Å². The number of guanidine groups is 1. The van der Waals surface area contributed by atoms with Crippen molar-refractivity contribution in [2.45, 2.75) is 60.3 Å². The molecule has 136 valence electrons. The minimum absolute atomic E-state index is 0. The number of aliphatic imine (C=N–C) groups is 1. The normalized spacial score (nSPS) is 22.5. The topological polar surface area (TPSA) is 70.7 Å². The Morgan fingerprint density at radius 1 is 1.39 bits per heavy atom. The minimum atomic E-state index is -0.608. The van der Waals surface area contributed by atoms with E-state index in [9.17, 15) is 4.79 Å². The number of hydrogen-bond acceptors (Lipinski definition) is 2. The Morgan fingerprint density at radius 3 is 2.57 bits per heavy atom. The molecule has 1 amide bonds. The van der Waals surface area contributed by atoms with E-state index in [-0.39, 0.29) is 29.9 Å². The van der Waals surface area contributed by atoms with Gasteiger partial charge >= 0.3 is 0 Å².